The van der Waals surface area contributed by atoms with Gasteiger partial charge in [-0.1, -0.05) is 18.2 Å². The second kappa shape index (κ2) is 8.20. The number of imide groups is 1. The molecule has 3 amide bonds. The molecule has 0 unspecified atom stereocenters. The molecule has 0 bridgehead atoms. The lowest BCUT2D eigenvalue weighted by molar-refractivity contribution is -0.120. The summed E-state index contributed by atoms with van der Waals surface area (Å²) in [6.45, 7) is 5.30. The van der Waals surface area contributed by atoms with Crippen LogP contribution < -0.4 is 15.5 Å². The molecule has 2 N–H and O–H groups in total. The Labute approximate surface area is 184 Å². The largest absolute Gasteiger partial charge is 0.350 e. The molecule has 31 heavy (non-hydrogen) atoms. The Bertz CT molecular complexity index is 1210. The third kappa shape index (κ3) is 3.87. The van der Waals surface area contributed by atoms with Gasteiger partial charge in [0.2, 0.25) is 5.91 Å². The van der Waals surface area contributed by atoms with Crippen molar-refractivity contribution in [2.45, 2.75) is 20.8 Å². The predicted molar refractivity (Wildman–Crippen MR) is 124 cm³/mol. The number of nitrogens with one attached hydrogen (secondary N) is 2. The van der Waals surface area contributed by atoms with Gasteiger partial charge < -0.3 is 10.6 Å². The zero-order chi connectivity index (χ0) is 22.1. The van der Waals surface area contributed by atoms with Crippen LogP contribution >= 0.6 is 11.3 Å². The van der Waals surface area contributed by atoms with Crippen molar-refractivity contribution in [3.05, 3.63) is 81.7 Å². The number of benzene rings is 2. The van der Waals surface area contributed by atoms with Crippen LogP contribution in [0.3, 0.4) is 0 Å². The van der Waals surface area contributed by atoms with Gasteiger partial charge in [0.05, 0.1) is 11.3 Å². The van der Waals surface area contributed by atoms with E-state index in [1.165, 1.54) is 23.2 Å². The molecular weight excluding hydrogens is 410 g/mol. The zero-order valence-electron chi connectivity index (χ0n) is 17.4. The Morgan fingerprint density at radius 3 is 2.26 bits per heavy atom. The summed E-state index contributed by atoms with van der Waals surface area (Å²) in [6, 6.07) is 16.2. The fraction of sp³-hybridized carbons (Fsp3) is 0.125. The number of aryl methyl sites for hydroxylation is 1. The third-order valence-electron chi connectivity index (χ3n) is 5.14. The third-order valence-corrected chi connectivity index (χ3v) is 6.03. The van der Waals surface area contributed by atoms with Gasteiger partial charge in [0.1, 0.15) is 5.70 Å². The van der Waals surface area contributed by atoms with Crippen LogP contribution in [0.25, 0.3) is 5.57 Å². The van der Waals surface area contributed by atoms with E-state index in [1.807, 2.05) is 43.5 Å². The molecule has 0 atom stereocenters. The van der Waals surface area contributed by atoms with E-state index in [9.17, 15) is 14.4 Å². The maximum Gasteiger partial charge on any atom is 0.282 e. The highest BCUT2D eigenvalue weighted by Crippen LogP contribution is 2.37. The van der Waals surface area contributed by atoms with E-state index < -0.39 is 5.91 Å². The average Bonchev–Trinajstić information content (AvgIpc) is 3.33. The molecule has 1 aliphatic heterocycles. The highest BCUT2D eigenvalue weighted by molar-refractivity contribution is 7.11. The first-order chi connectivity index (χ1) is 14.9. The fourth-order valence-electron chi connectivity index (χ4n) is 3.48. The summed E-state index contributed by atoms with van der Waals surface area (Å²) < 4.78 is 0. The molecule has 0 aliphatic carbocycles. The molecule has 1 aromatic heterocycles. The number of nitrogens with zero attached hydrogens (tertiary/aromatic N) is 1. The fourth-order valence-corrected chi connectivity index (χ4v) is 4.24. The summed E-state index contributed by atoms with van der Waals surface area (Å²) in [5.74, 6) is -0.907. The van der Waals surface area contributed by atoms with Gasteiger partial charge in [-0.2, -0.15) is 0 Å². The molecule has 0 radical (unpaired) electrons. The van der Waals surface area contributed by atoms with Crippen molar-refractivity contribution in [2.75, 3.05) is 15.5 Å². The number of carbonyl (C=O) groups is 3. The van der Waals surface area contributed by atoms with Crippen LogP contribution in [0, 0.1) is 13.8 Å². The van der Waals surface area contributed by atoms with Gasteiger partial charge in [-0.15, -0.1) is 11.3 Å². The molecule has 0 fully saturated rings. The molecule has 0 saturated carbocycles. The van der Waals surface area contributed by atoms with E-state index in [-0.39, 0.29) is 17.5 Å². The lowest BCUT2D eigenvalue weighted by Gasteiger charge is -2.19. The van der Waals surface area contributed by atoms with Gasteiger partial charge in [-0.05, 0) is 66.8 Å². The Morgan fingerprint density at radius 2 is 1.61 bits per heavy atom. The smallest absolute Gasteiger partial charge is 0.282 e. The molecule has 2 heterocycles. The van der Waals surface area contributed by atoms with E-state index in [2.05, 4.69) is 10.6 Å². The summed E-state index contributed by atoms with van der Waals surface area (Å²) in [4.78, 5) is 40.1. The summed E-state index contributed by atoms with van der Waals surface area (Å²) in [7, 11) is 0. The normalized spacial score (nSPS) is 13.7. The zero-order valence-corrected chi connectivity index (χ0v) is 18.2. The highest BCUT2D eigenvalue weighted by atomic mass is 32.1. The predicted octanol–water partition coefficient (Wildman–Crippen LogP) is 4.72. The number of amides is 3. The number of carbonyl (C=O) groups excluding carboxylic acids is 3. The minimum Gasteiger partial charge on any atom is -0.350 e. The monoisotopic (exact) mass is 431 g/mol. The minimum absolute atomic E-state index is 0.163. The number of rotatable bonds is 5. The average molecular weight is 432 g/mol. The molecule has 0 spiro atoms. The first kappa shape index (κ1) is 20.6. The van der Waals surface area contributed by atoms with Crippen LogP contribution in [0.2, 0.25) is 0 Å². The quantitative estimate of drug-likeness (QED) is 0.573. The second-order valence-corrected chi connectivity index (χ2v) is 8.22. The number of thiophene rings is 1. The molecule has 1 aliphatic rings. The maximum absolute atomic E-state index is 13.4. The molecular formula is C24H21N3O3S. The Kier molecular flexibility index (Phi) is 5.44. The summed E-state index contributed by atoms with van der Waals surface area (Å²) >= 11 is 1.41. The lowest BCUT2D eigenvalue weighted by atomic mass is 10.1. The van der Waals surface area contributed by atoms with Crippen LogP contribution in [0.15, 0.2) is 65.7 Å². The molecule has 3 aromatic rings. The van der Waals surface area contributed by atoms with Crippen LogP contribution in [-0.2, 0) is 14.4 Å². The van der Waals surface area contributed by atoms with Crippen LogP contribution in [0.5, 0.6) is 0 Å². The van der Waals surface area contributed by atoms with E-state index in [4.69, 9.17) is 0 Å². The Hall–Kier alpha value is -3.71. The number of hydrogen-bond acceptors (Lipinski definition) is 5. The first-order valence-corrected chi connectivity index (χ1v) is 10.6. The van der Waals surface area contributed by atoms with Gasteiger partial charge in [0.25, 0.3) is 11.8 Å². The van der Waals surface area contributed by atoms with Crippen molar-refractivity contribution in [3.63, 3.8) is 0 Å². The molecule has 156 valence electrons. The van der Waals surface area contributed by atoms with Gasteiger partial charge in [0, 0.05) is 23.2 Å². The number of hydrogen-bond donors (Lipinski definition) is 2. The summed E-state index contributed by atoms with van der Waals surface area (Å²) in [5, 5.41) is 7.72. The lowest BCUT2D eigenvalue weighted by Crippen LogP contribution is -2.33. The van der Waals surface area contributed by atoms with Crippen molar-refractivity contribution in [1.82, 2.24) is 0 Å². The Balaban J connectivity index is 1.74. The van der Waals surface area contributed by atoms with Crippen molar-refractivity contribution in [1.29, 1.82) is 0 Å². The SMILES string of the molecule is CC(=O)Nc1ccc(NC2=C(c3cccs3)C(=O)N(c3cccc(C)c3C)C2=O)cc1. The molecule has 2 aromatic carbocycles. The van der Waals surface area contributed by atoms with Crippen LogP contribution in [0.4, 0.5) is 17.1 Å². The van der Waals surface area contributed by atoms with E-state index >= 15 is 0 Å². The molecule has 7 heteroatoms. The van der Waals surface area contributed by atoms with Crippen molar-refractivity contribution >= 4 is 51.7 Å². The van der Waals surface area contributed by atoms with E-state index in [1.54, 1.807) is 30.3 Å². The van der Waals surface area contributed by atoms with Crippen molar-refractivity contribution < 1.29 is 14.4 Å². The van der Waals surface area contributed by atoms with Gasteiger partial charge in [-0.25, -0.2) is 4.90 Å². The van der Waals surface area contributed by atoms with Crippen molar-refractivity contribution in [2.24, 2.45) is 0 Å². The van der Waals surface area contributed by atoms with E-state index in [0.29, 0.717) is 22.6 Å². The standard InChI is InChI=1S/C24H21N3O3S/c1-14-6-4-7-19(15(14)2)27-23(29)21(20-8-5-13-31-20)22(24(27)30)26-18-11-9-17(10-12-18)25-16(3)28/h4-13,26H,1-3H3,(H,25,28). The molecule has 6 nitrogen and oxygen atoms in total. The van der Waals surface area contributed by atoms with Crippen LogP contribution in [0.1, 0.15) is 22.9 Å². The van der Waals surface area contributed by atoms with Crippen LogP contribution in [-0.4, -0.2) is 17.7 Å². The van der Waals surface area contributed by atoms with Gasteiger partial charge in [0.15, 0.2) is 0 Å². The topological polar surface area (TPSA) is 78.5 Å². The minimum atomic E-state index is -0.395. The van der Waals surface area contributed by atoms with E-state index in [0.717, 1.165) is 16.0 Å². The maximum atomic E-state index is 13.4. The molecule has 4 rings (SSSR count). The number of anilines is 3. The second-order valence-electron chi connectivity index (χ2n) is 7.28. The molecule has 0 saturated heterocycles. The van der Waals surface area contributed by atoms with Gasteiger partial charge >= 0.3 is 0 Å². The van der Waals surface area contributed by atoms with Crippen molar-refractivity contribution in [3.8, 4) is 0 Å². The van der Waals surface area contributed by atoms with Gasteiger partial charge in [-0.3, -0.25) is 14.4 Å². The summed E-state index contributed by atoms with van der Waals surface area (Å²) in [5.41, 5.74) is 4.36. The summed E-state index contributed by atoms with van der Waals surface area (Å²) in [6.07, 6.45) is 0. The Morgan fingerprint density at radius 1 is 0.903 bits per heavy atom. The first-order valence-electron chi connectivity index (χ1n) is 9.74. The highest BCUT2D eigenvalue weighted by Gasteiger charge is 2.41.